The van der Waals surface area contributed by atoms with Crippen molar-refractivity contribution in [3.8, 4) is 0 Å². The van der Waals surface area contributed by atoms with Crippen LogP contribution in [0.4, 0.5) is 0 Å². The molecule has 0 fully saturated rings. The molecule has 0 amide bonds. The number of aromatic nitrogens is 1. The van der Waals surface area contributed by atoms with Crippen molar-refractivity contribution in [1.82, 2.24) is 9.88 Å². The van der Waals surface area contributed by atoms with Gasteiger partial charge in [0.05, 0.1) is 6.61 Å². The molecule has 2 rings (SSSR count). The number of rotatable bonds is 7. The Kier molecular flexibility index (Phi) is 4.79. The second-order valence-corrected chi connectivity index (χ2v) is 4.53. The zero-order chi connectivity index (χ0) is 12.8. The van der Waals surface area contributed by atoms with Gasteiger partial charge in [0.15, 0.2) is 0 Å². The fourth-order valence-corrected chi connectivity index (χ4v) is 2.27. The van der Waals surface area contributed by atoms with Gasteiger partial charge < -0.3 is 14.6 Å². The van der Waals surface area contributed by atoms with E-state index < -0.39 is 0 Å². The SMILES string of the molecule is CCCn1ccc2c(CNCCOC)cccc21. The molecule has 18 heavy (non-hydrogen) atoms. The Labute approximate surface area is 109 Å². The van der Waals surface area contributed by atoms with Crippen LogP contribution in [0.25, 0.3) is 10.9 Å². The molecule has 0 saturated heterocycles. The van der Waals surface area contributed by atoms with Gasteiger partial charge in [-0.15, -0.1) is 0 Å². The van der Waals surface area contributed by atoms with Crippen LogP contribution in [0.1, 0.15) is 18.9 Å². The van der Waals surface area contributed by atoms with Crippen LogP contribution in [0.2, 0.25) is 0 Å². The van der Waals surface area contributed by atoms with Crippen molar-refractivity contribution in [2.45, 2.75) is 26.4 Å². The highest BCUT2D eigenvalue weighted by atomic mass is 16.5. The summed E-state index contributed by atoms with van der Waals surface area (Å²) in [5, 5.41) is 4.76. The van der Waals surface area contributed by atoms with Crippen molar-refractivity contribution in [2.24, 2.45) is 0 Å². The Morgan fingerprint density at radius 3 is 2.94 bits per heavy atom. The average molecular weight is 246 g/mol. The maximum atomic E-state index is 5.04. The quantitative estimate of drug-likeness (QED) is 0.760. The van der Waals surface area contributed by atoms with Gasteiger partial charge in [-0.25, -0.2) is 0 Å². The Bertz CT molecular complexity index is 490. The Morgan fingerprint density at radius 2 is 2.17 bits per heavy atom. The fourth-order valence-electron chi connectivity index (χ4n) is 2.27. The van der Waals surface area contributed by atoms with Crippen molar-refractivity contribution < 1.29 is 4.74 Å². The minimum Gasteiger partial charge on any atom is -0.383 e. The number of nitrogens with zero attached hydrogens (tertiary/aromatic N) is 1. The monoisotopic (exact) mass is 246 g/mol. The normalized spacial score (nSPS) is 11.2. The molecule has 0 saturated carbocycles. The van der Waals surface area contributed by atoms with Gasteiger partial charge in [-0.1, -0.05) is 19.1 Å². The third kappa shape index (κ3) is 2.92. The van der Waals surface area contributed by atoms with Crippen LogP contribution in [0, 0.1) is 0 Å². The number of nitrogens with one attached hydrogen (secondary N) is 1. The summed E-state index contributed by atoms with van der Waals surface area (Å²) in [4.78, 5) is 0. The van der Waals surface area contributed by atoms with Crippen LogP contribution < -0.4 is 5.32 Å². The molecule has 0 spiro atoms. The van der Waals surface area contributed by atoms with Crippen molar-refractivity contribution in [3.05, 3.63) is 36.0 Å². The maximum Gasteiger partial charge on any atom is 0.0587 e. The molecule has 3 heteroatoms. The molecule has 0 radical (unpaired) electrons. The van der Waals surface area contributed by atoms with E-state index in [9.17, 15) is 0 Å². The van der Waals surface area contributed by atoms with Gasteiger partial charge in [-0.05, 0) is 24.1 Å². The summed E-state index contributed by atoms with van der Waals surface area (Å²) in [5.74, 6) is 0. The molecule has 3 nitrogen and oxygen atoms in total. The number of fused-ring (bicyclic) bond motifs is 1. The molecule has 98 valence electrons. The zero-order valence-corrected chi connectivity index (χ0v) is 11.3. The number of ether oxygens (including phenoxy) is 1. The van der Waals surface area contributed by atoms with Crippen molar-refractivity contribution in [1.29, 1.82) is 0 Å². The number of aryl methyl sites for hydroxylation is 1. The van der Waals surface area contributed by atoms with E-state index in [1.165, 1.54) is 22.9 Å². The van der Waals surface area contributed by atoms with E-state index in [1.807, 2.05) is 0 Å². The molecule has 0 aliphatic carbocycles. The fraction of sp³-hybridized carbons (Fsp3) is 0.467. The molecule has 0 atom stereocenters. The molecular weight excluding hydrogens is 224 g/mol. The lowest BCUT2D eigenvalue weighted by molar-refractivity contribution is 0.199. The van der Waals surface area contributed by atoms with Gasteiger partial charge in [0.25, 0.3) is 0 Å². The van der Waals surface area contributed by atoms with Crippen molar-refractivity contribution >= 4 is 10.9 Å². The summed E-state index contributed by atoms with van der Waals surface area (Å²) in [7, 11) is 1.73. The number of methoxy groups -OCH3 is 1. The van der Waals surface area contributed by atoms with E-state index in [4.69, 9.17) is 4.74 Å². The summed E-state index contributed by atoms with van der Waals surface area (Å²) < 4.78 is 7.36. The highest BCUT2D eigenvalue weighted by Crippen LogP contribution is 2.20. The standard InChI is InChI=1S/C15H22N2O/c1-3-9-17-10-7-14-13(5-4-6-15(14)17)12-16-8-11-18-2/h4-7,10,16H,3,8-9,11-12H2,1-2H3. The first-order valence-electron chi connectivity index (χ1n) is 6.63. The van der Waals surface area contributed by atoms with E-state index in [2.05, 4.69) is 47.3 Å². The molecule has 1 aromatic carbocycles. The van der Waals surface area contributed by atoms with Crippen LogP contribution in [0.15, 0.2) is 30.5 Å². The van der Waals surface area contributed by atoms with Gasteiger partial charge in [-0.3, -0.25) is 0 Å². The van der Waals surface area contributed by atoms with E-state index in [0.29, 0.717) is 0 Å². The maximum absolute atomic E-state index is 5.04. The van der Waals surface area contributed by atoms with E-state index in [-0.39, 0.29) is 0 Å². The third-order valence-electron chi connectivity index (χ3n) is 3.17. The summed E-state index contributed by atoms with van der Waals surface area (Å²) >= 11 is 0. The summed E-state index contributed by atoms with van der Waals surface area (Å²) in [5.41, 5.74) is 2.70. The van der Waals surface area contributed by atoms with Crippen LogP contribution in [-0.2, 0) is 17.8 Å². The Morgan fingerprint density at radius 1 is 1.28 bits per heavy atom. The minimum atomic E-state index is 0.757. The molecule has 1 N–H and O–H groups in total. The molecule has 0 aliphatic heterocycles. The predicted octanol–water partition coefficient (Wildman–Crippen LogP) is 2.79. The molecule has 0 bridgehead atoms. The first-order chi connectivity index (χ1) is 8.86. The van der Waals surface area contributed by atoms with Crippen LogP contribution >= 0.6 is 0 Å². The largest absolute Gasteiger partial charge is 0.383 e. The van der Waals surface area contributed by atoms with Gasteiger partial charge in [0.2, 0.25) is 0 Å². The third-order valence-corrected chi connectivity index (χ3v) is 3.17. The van der Waals surface area contributed by atoms with Gasteiger partial charge in [0, 0.05) is 43.8 Å². The van der Waals surface area contributed by atoms with E-state index >= 15 is 0 Å². The van der Waals surface area contributed by atoms with Crippen molar-refractivity contribution in [2.75, 3.05) is 20.3 Å². The minimum absolute atomic E-state index is 0.757. The number of benzene rings is 1. The van der Waals surface area contributed by atoms with Crippen LogP contribution in [-0.4, -0.2) is 24.8 Å². The van der Waals surface area contributed by atoms with E-state index in [1.54, 1.807) is 7.11 Å². The lowest BCUT2D eigenvalue weighted by Gasteiger charge is -2.07. The average Bonchev–Trinajstić information content (AvgIpc) is 2.79. The molecule has 0 aliphatic rings. The number of hydrogen-bond acceptors (Lipinski definition) is 2. The topological polar surface area (TPSA) is 26.2 Å². The smallest absolute Gasteiger partial charge is 0.0587 e. The van der Waals surface area contributed by atoms with Gasteiger partial charge in [-0.2, -0.15) is 0 Å². The van der Waals surface area contributed by atoms with Crippen molar-refractivity contribution in [3.63, 3.8) is 0 Å². The molecule has 1 aromatic heterocycles. The second kappa shape index (κ2) is 6.57. The summed E-state index contributed by atoms with van der Waals surface area (Å²) in [6.07, 6.45) is 3.35. The summed E-state index contributed by atoms with van der Waals surface area (Å²) in [6.45, 7) is 5.85. The molecule has 1 heterocycles. The van der Waals surface area contributed by atoms with Gasteiger partial charge >= 0.3 is 0 Å². The second-order valence-electron chi connectivity index (χ2n) is 4.53. The first-order valence-corrected chi connectivity index (χ1v) is 6.63. The first kappa shape index (κ1) is 13.1. The molecule has 0 unspecified atom stereocenters. The highest BCUT2D eigenvalue weighted by molar-refractivity contribution is 5.83. The molecular formula is C15H22N2O. The summed E-state index contributed by atoms with van der Waals surface area (Å²) in [6, 6.07) is 8.75. The number of hydrogen-bond donors (Lipinski definition) is 1. The Balaban J connectivity index is 2.13. The van der Waals surface area contributed by atoms with E-state index in [0.717, 1.165) is 26.2 Å². The zero-order valence-electron chi connectivity index (χ0n) is 11.3. The van der Waals surface area contributed by atoms with Crippen LogP contribution in [0.5, 0.6) is 0 Å². The lowest BCUT2D eigenvalue weighted by Crippen LogP contribution is -2.18. The highest BCUT2D eigenvalue weighted by Gasteiger charge is 2.04. The lowest BCUT2D eigenvalue weighted by atomic mass is 10.1. The Hall–Kier alpha value is -1.32. The predicted molar refractivity (Wildman–Crippen MR) is 75.8 cm³/mol. The molecule has 2 aromatic rings. The van der Waals surface area contributed by atoms with Crippen LogP contribution in [0.3, 0.4) is 0 Å². The van der Waals surface area contributed by atoms with Gasteiger partial charge in [0.1, 0.15) is 0 Å².